The van der Waals surface area contributed by atoms with Gasteiger partial charge in [-0.05, 0) is 53.1 Å². The number of aromatic nitrogens is 2. The van der Waals surface area contributed by atoms with Crippen molar-refractivity contribution >= 4 is 5.65 Å². The van der Waals surface area contributed by atoms with E-state index < -0.39 is 17.6 Å². The molecule has 0 saturated heterocycles. The zero-order valence-corrected chi connectivity index (χ0v) is 14.4. The zero-order valence-electron chi connectivity index (χ0n) is 14.4. The fourth-order valence-electron chi connectivity index (χ4n) is 3.05. The van der Waals surface area contributed by atoms with Crippen molar-refractivity contribution in [2.24, 2.45) is 0 Å². The molecule has 2 aromatic carbocycles. The number of hydrogen-bond acceptors (Lipinski definition) is 2. The van der Waals surface area contributed by atoms with Crippen molar-refractivity contribution < 1.29 is 22.7 Å². The van der Waals surface area contributed by atoms with Crippen LogP contribution in [0.15, 0.2) is 67.0 Å². The highest BCUT2D eigenvalue weighted by atomic mass is 19.4. The summed E-state index contributed by atoms with van der Waals surface area (Å²) in [7, 11) is 0. The molecular weight excluding hydrogens is 372 g/mol. The molecule has 28 heavy (non-hydrogen) atoms. The minimum absolute atomic E-state index is 0.0554. The molecule has 0 unspecified atom stereocenters. The van der Waals surface area contributed by atoms with Gasteiger partial charge in [-0.15, -0.1) is 0 Å². The number of halogens is 4. The third-order valence-corrected chi connectivity index (χ3v) is 4.41. The van der Waals surface area contributed by atoms with Crippen LogP contribution in [0.4, 0.5) is 17.6 Å². The van der Waals surface area contributed by atoms with Crippen molar-refractivity contribution in [3.8, 4) is 22.4 Å². The number of benzene rings is 2. The van der Waals surface area contributed by atoms with Crippen molar-refractivity contribution in [1.29, 1.82) is 0 Å². The van der Waals surface area contributed by atoms with Gasteiger partial charge < -0.3 is 9.51 Å². The summed E-state index contributed by atoms with van der Waals surface area (Å²) >= 11 is 0. The summed E-state index contributed by atoms with van der Waals surface area (Å²) < 4.78 is 54.3. The molecule has 4 rings (SSSR count). The Morgan fingerprint density at radius 1 is 0.893 bits per heavy atom. The summed E-state index contributed by atoms with van der Waals surface area (Å²) in [5.41, 5.74) is 2.27. The van der Waals surface area contributed by atoms with Crippen LogP contribution in [0.3, 0.4) is 0 Å². The van der Waals surface area contributed by atoms with Gasteiger partial charge in [-0.2, -0.15) is 13.2 Å². The second kappa shape index (κ2) is 6.76. The Kier molecular flexibility index (Phi) is 4.39. The Balaban J connectivity index is 1.78. The third-order valence-electron chi connectivity index (χ3n) is 4.41. The predicted octanol–water partition coefficient (Wildman–Crippen LogP) is 5.32. The highest BCUT2D eigenvalue weighted by Crippen LogP contribution is 2.33. The fourth-order valence-corrected chi connectivity index (χ4v) is 3.05. The predicted molar refractivity (Wildman–Crippen MR) is 96.9 cm³/mol. The molecule has 2 aromatic heterocycles. The summed E-state index contributed by atoms with van der Waals surface area (Å²) in [4.78, 5) is 4.30. The van der Waals surface area contributed by atoms with Gasteiger partial charge in [-0.25, -0.2) is 9.37 Å². The van der Waals surface area contributed by atoms with Crippen LogP contribution in [-0.4, -0.2) is 14.5 Å². The van der Waals surface area contributed by atoms with Gasteiger partial charge >= 0.3 is 6.18 Å². The first-order valence-electron chi connectivity index (χ1n) is 8.40. The lowest BCUT2D eigenvalue weighted by Crippen LogP contribution is -2.05. The molecule has 4 aromatic rings. The Bertz CT molecular complexity index is 1160. The molecule has 0 radical (unpaired) electrons. The van der Waals surface area contributed by atoms with Crippen LogP contribution in [-0.2, 0) is 12.8 Å². The SMILES string of the molecule is OCc1cccc(-c2ccc3nc(-c4cc(F)cc(C(F)(F)F)c4)cn3c2)c1. The molecule has 0 spiro atoms. The second-order valence-electron chi connectivity index (χ2n) is 6.39. The third kappa shape index (κ3) is 3.48. The molecule has 0 aliphatic carbocycles. The van der Waals surface area contributed by atoms with E-state index in [9.17, 15) is 22.7 Å². The first-order chi connectivity index (χ1) is 13.3. The number of nitrogens with zero attached hydrogens (tertiary/aromatic N) is 2. The molecule has 0 aliphatic rings. The maximum absolute atomic E-state index is 13.7. The van der Waals surface area contributed by atoms with Crippen molar-refractivity contribution in [3.05, 3.63) is 83.9 Å². The lowest BCUT2D eigenvalue weighted by molar-refractivity contribution is -0.137. The lowest BCUT2D eigenvalue weighted by Gasteiger charge is -2.08. The minimum Gasteiger partial charge on any atom is -0.392 e. The molecule has 1 N–H and O–H groups in total. The van der Waals surface area contributed by atoms with Crippen molar-refractivity contribution in [1.82, 2.24) is 9.38 Å². The normalized spacial score (nSPS) is 11.9. The molecule has 2 heterocycles. The van der Waals surface area contributed by atoms with E-state index >= 15 is 0 Å². The fraction of sp³-hybridized carbons (Fsp3) is 0.0952. The summed E-state index contributed by atoms with van der Waals surface area (Å²) in [5.74, 6) is -0.969. The van der Waals surface area contributed by atoms with Gasteiger partial charge in [0, 0.05) is 18.0 Å². The minimum atomic E-state index is -4.64. The number of aliphatic hydroxyl groups excluding tert-OH is 1. The van der Waals surface area contributed by atoms with Crippen molar-refractivity contribution in [2.75, 3.05) is 0 Å². The van der Waals surface area contributed by atoms with E-state index in [4.69, 9.17) is 0 Å². The van der Waals surface area contributed by atoms with E-state index in [-0.39, 0.29) is 17.9 Å². The van der Waals surface area contributed by atoms with Crippen LogP contribution in [0, 0.1) is 5.82 Å². The molecule has 3 nitrogen and oxygen atoms in total. The summed E-state index contributed by atoms with van der Waals surface area (Å²) in [6.45, 7) is -0.0770. The van der Waals surface area contributed by atoms with E-state index in [1.165, 1.54) is 0 Å². The van der Waals surface area contributed by atoms with E-state index in [2.05, 4.69) is 4.98 Å². The summed E-state index contributed by atoms with van der Waals surface area (Å²) in [5, 5.41) is 9.29. The van der Waals surface area contributed by atoms with E-state index in [0.717, 1.165) is 28.8 Å². The van der Waals surface area contributed by atoms with Crippen LogP contribution in [0.1, 0.15) is 11.1 Å². The Morgan fingerprint density at radius 2 is 1.71 bits per heavy atom. The van der Waals surface area contributed by atoms with Crippen LogP contribution < -0.4 is 0 Å². The van der Waals surface area contributed by atoms with Gasteiger partial charge in [0.05, 0.1) is 17.9 Å². The molecule has 0 bridgehead atoms. The summed E-state index contributed by atoms with van der Waals surface area (Å²) in [6.07, 6.45) is -1.29. The van der Waals surface area contributed by atoms with Gasteiger partial charge in [-0.3, -0.25) is 0 Å². The van der Waals surface area contributed by atoms with Crippen molar-refractivity contribution in [3.63, 3.8) is 0 Å². The smallest absolute Gasteiger partial charge is 0.392 e. The molecule has 0 aliphatic heterocycles. The number of pyridine rings is 1. The van der Waals surface area contributed by atoms with Gasteiger partial charge in [0.2, 0.25) is 0 Å². The van der Waals surface area contributed by atoms with Gasteiger partial charge in [0.25, 0.3) is 0 Å². The van der Waals surface area contributed by atoms with Crippen LogP contribution in [0.5, 0.6) is 0 Å². The Hall–Kier alpha value is -3.19. The van der Waals surface area contributed by atoms with Crippen molar-refractivity contribution in [2.45, 2.75) is 12.8 Å². The Labute approximate surface area is 157 Å². The van der Waals surface area contributed by atoms with Crippen LogP contribution in [0.2, 0.25) is 0 Å². The number of rotatable bonds is 3. The first-order valence-corrected chi connectivity index (χ1v) is 8.40. The topological polar surface area (TPSA) is 37.5 Å². The van der Waals surface area contributed by atoms with Gasteiger partial charge in [-0.1, -0.05) is 18.2 Å². The molecule has 0 atom stereocenters. The zero-order chi connectivity index (χ0) is 19.9. The standard InChI is InChI=1S/C21H14F4N2O/c22-18-8-16(7-17(9-18)21(23,24)25)19-11-27-10-15(4-5-20(27)26-19)14-3-1-2-13(6-14)12-28/h1-11,28H,12H2. The monoisotopic (exact) mass is 386 g/mol. The molecule has 0 amide bonds. The second-order valence-corrected chi connectivity index (χ2v) is 6.39. The maximum atomic E-state index is 13.7. The number of alkyl halides is 3. The first kappa shape index (κ1) is 18.2. The van der Waals surface area contributed by atoms with Crippen LogP contribution >= 0.6 is 0 Å². The molecule has 7 heteroatoms. The Morgan fingerprint density at radius 3 is 2.46 bits per heavy atom. The highest BCUT2D eigenvalue weighted by Gasteiger charge is 2.31. The van der Waals surface area contributed by atoms with E-state index in [0.29, 0.717) is 11.7 Å². The van der Waals surface area contributed by atoms with E-state index in [1.807, 2.05) is 24.3 Å². The number of imidazole rings is 1. The molecule has 142 valence electrons. The van der Waals surface area contributed by atoms with Gasteiger partial charge in [0.1, 0.15) is 11.5 Å². The number of hydrogen-bond donors (Lipinski definition) is 1. The van der Waals surface area contributed by atoms with E-state index in [1.54, 1.807) is 28.9 Å². The molecule has 0 saturated carbocycles. The number of fused-ring (bicyclic) bond motifs is 1. The quantitative estimate of drug-likeness (QED) is 0.484. The average molecular weight is 386 g/mol. The highest BCUT2D eigenvalue weighted by molar-refractivity contribution is 5.68. The summed E-state index contributed by atoms with van der Waals surface area (Å²) in [6, 6.07) is 13.3. The average Bonchev–Trinajstić information content (AvgIpc) is 3.10. The largest absolute Gasteiger partial charge is 0.416 e. The maximum Gasteiger partial charge on any atom is 0.416 e. The molecular formula is C21H14F4N2O. The number of aliphatic hydroxyl groups is 1. The van der Waals surface area contributed by atoms with Crippen LogP contribution in [0.25, 0.3) is 28.0 Å². The van der Waals surface area contributed by atoms with Gasteiger partial charge in [0.15, 0.2) is 0 Å². The molecule has 0 fully saturated rings. The lowest BCUT2D eigenvalue weighted by atomic mass is 10.1.